The summed E-state index contributed by atoms with van der Waals surface area (Å²) < 4.78 is 2.36. The van der Waals surface area contributed by atoms with E-state index in [4.69, 9.17) is 0 Å². The molecule has 0 fully saturated rings. The average molecular weight is 193 g/mol. The normalized spacial score (nSPS) is 17.5. The van der Waals surface area contributed by atoms with Gasteiger partial charge in [-0.1, -0.05) is 0 Å². The Labute approximate surface area is 85.7 Å². The van der Waals surface area contributed by atoms with Gasteiger partial charge in [0, 0.05) is 25.7 Å². The van der Waals surface area contributed by atoms with Crippen LogP contribution in [0.3, 0.4) is 0 Å². The van der Waals surface area contributed by atoms with Crippen molar-refractivity contribution in [3.05, 3.63) is 17.2 Å². The second-order valence-corrected chi connectivity index (χ2v) is 4.41. The molecule has 3 nitrogen and oxygen atoms in total. The third kappa shape index (κ3) is 1.46. The van der Waals surface area contributed by atoms with E-state index in [2.05, 4.69) is 42.1 Å². The third-order valence-corrected chi connectivity index (χ3v) is 3.16. The van der Waals surface area contributed by atoms with Crippen molar-refractivity contribution in [1.82, 2.24) is 14.5 Å². The van der Waals surface area contributed by atoms with Gasteiger partial charge in [-0.15, -0.1) is 0 Å². The predicted octanol–water partition coefficient (Wildman–Crippen LogP) is 1.72. The van der Waals surface area contributed by atoms with Crippen molar-refractivity contribution in [3.63, 3.8) is 0 Å². The SMILES string of the molecule is Cc1nc(C)n2c1CN(C(C)C)CC2. The van der Waals surface area contributed by atoms with Crippen molar-refractivity contribution in [2.24, 2.45) is 0 Å². The molecule has 2 heterocycles. The number of hydrogen-bond donors (Lipinski definition) is 0. The standard InChI is InChI=1S/C11H19N3/c1-8(2)13-5-6-14-10(4)12-9(3)11(14)7-13/h8H,5-7H2,1-4H3. The number of rotatable bonds is 1. The molecule has 0 aliphatic carbocycles. The molecule has 2 rings (SSSR count). The van der Waals surface area contributed by atoms with Gasteiger partial charge < -0.3 is 4.57 Å². The highest BCUT2D eigenvalue weighted by atomic mass is 15.2. The molecule has 0 radical (unpaired) electrons. The van der Waals surface area contributed by atoms with Gasteiger partial charge in [-0.05, 0) is 27.7 Å². The van der Waals surface area contributed by atoms with Crippen molar-refractivity contribution in [3.8, 4) is 0 Å². The topological polar surface area (TPSA) is 21.1 Å². The van der Waals surface area contributed by atoms with Crippen LogP contribution in [0.5, 0.6) is 0 Å². The molecule has 14 heavy (non-hydrogen) atoms. The zero-order valence-electron chi connectivity index (χ0n) is 9.54. The molecule has 0 N–H and O–H groups in total. The zero-order valence-corrected chi connectivity index (χ0v) is 9.54. The Morgan fingerprint density at radius 2 is 1.93 bits per heavy atom. The van der Waals surface area contributed by atoms with Gasteiger partial charge in [0.2, 0.25) is 0 Å². The first-order valence-electron chi connectivity index (χ1n) is 5.36. The maximum atomic E-state index is 4.52. The Balaban J connectivity index is 2.30. The van der Waals surface area contributed by atoms with Crippen molar-refractivity contribution >= 4 is 0 Å². The highest BCUT2D eigenvalue weighted by molar-refractivity contribution is 5.17. The van der Waals surface area contributed by atoms with Crippen LogP contribution in [0.2, 0.25) is 0 Å². The molecule has 0 spiro atoms. The Bertz CT molecular complexity index is 339. The summed E-state index contributed by atoms with van der Waals surface area (Å²) in [7, 11) is 0. The highest BCUT2D eigenvalue weighted by Gasteiger charge is 2.21. The van der Waals surface area contributed by atoms with Crippen LogP contribution in [0, 0.1) is 13.8 Å². The lowest BCUT2D eigenvalue weighted by Crippen LogP contribution is -2.38. The fourth-order valence-electron chi connectivity index (χ4n) is 2.20. The largest absolute Gasteiger partial charge is 0.330 e. The zero-order chi connectivity index (χ0) is 10.3. The number of hydrogen-bond acceptors (Lipinski definition) is 2. The number of imidazole rings is 1. The number of aromatic nitrogens is 2. The summed E-state index contributed by atoms with van der Waals surface area (Å²) in [6.07, 6.45) is 0. The van der Waals surface area contributed by atoms with Crippen LogP contribution in [-0.2, 0) is 13.1 Å². The summed E-state index contributed by atoms with van der Waals surface area (Å²) in [4.78, 5) is 7.03. The second-order valence-electron chi connectivity index (χ2n) is 4.41. The number of nitrogens with zero attached hydrogens (tertiary/aromatic N) is 3. The Hall–Kier alpha value is -0.830. The van der Waals surface area contributed by atoms with E-state index in [1.165, 1.54) is 17.2 Å². The molecule has 0 atom stereocenters. The van der Waals surface area contributed by atoms with Gasteiger partial charge in [0.15, 0.2) is 0 Å². The summed E-state index contributed by atoms with van der Waals surface area (Å²) in [5.41, 5.74) is 2.61. The molecular weight excluding hydrogens is 174 g/mol. The van der Waals surface area contributed by atoms with Crippen molar-refractivity contribution in [2.75, 3.05) is 6.54 Å². The quantitative estimate of drug-likeness (QED) is 0.677. The summed E-state index contributed by atoms with van der Waals surface area (Å²) in [5, 5.41) is 0. The molecule has 0 saturated heterocycles. The van der Waals surface area contributed by atoms with Crippen molar-refractivity contribution in [2.45, 2.75) is 46.8 Å². The Kier molecular flexibility index (Phi) is 2.35. The van der Waals surface area contributed by atoms with Gasteiger partial charge in [0.1, 0.15) is 5.82 Å². The van der Waals surface area contributed by atoms with Crippen molar-refractivity contribution in [1.29, 1.82) is 0 Å². The van der Waals surface area contributed by atoms with Gasteiger partial charge in [-0.3, -0.25) is 4.90 Å². The molecule has 78 valence electrons. The van der Waals surface area contributed by atoms with E-state index in [0.29, 0.717) is 6.04 Å². The fourth-order valence-corrected chi connectivity index (χ4v) is 2.20. The highest BCUT2D eigenvalue weighted by Crippen LogP contribution is 2.19. The first kappa shape index (κ1) is 9.71. The molecule has 1 aliphatic rings. The lowest BCUT2D eigenvalue weighted by molar-refractivity contribution is 0.175. The van der Waals surface area contributed by atoms with Crippen LogP contribution >= 0.6 is 0 Å². The lowest BCUT2D eigenvalue weighted by Gasteiger charge is -2.32. The minimum absolute atomic E-state index is 0.637. The molecular formula is C11H19N3. The van der Waals surface area contributed by atoms with Crippen LogP contribution < -0.4 is 0 Å². The van der Waals surface area contributed by atoms with Crippen molar-refractivity contribution < 1.29 is 0 Å². The molecule has 0 saturated carbocycles. The summed E-state index contributed by atoms with van der Waals surface area (Å²) in [5.74, 6) is 1.17. The average Bonchev–Trinajstić information content (AvgIpc) is 2.42. The molecule has 0 amide bonds. The predicted molar refractivity (Wildman–Crippen MR) is 57.2 cm³/mol. The molecule has 1 aliphatic heterocycles. The molecule has 0 unspecified atom stereocenters. The molecule has 0 aromatic carbocycles. The summed E-state index contributed by atoms with van der Waals surface area (Å²) in [6.45, 7) is 12.0. The smallest absolute Gasteiger partial charge is 0.106 e. The van der Waals surface area contributed by atoms with E-state index in [1.54, 1.807) is 0 Å². The monoisotopic (exact) mass is 193 g/mol. The van der Waals surface area contributed by atoms with Gasteiger partial charge in [-0.2, -0.15) is 0 Å². The van der Waals surface area contributed by atoms with E-state index in [-0.39, 0.29) is 0 Å². The fraction of sp³-hybridized carbons (Fsp3) is 0.727. The maximum Gasteiger partial charge on any atom is 0.106 e. The molecule has 0 bridgehead atoms. The molecule has 1 aromatic rings. The van der Waals surface area contributed by atoms with Crippen LogP contribution in [0.25, 0.3) is 0 Å². The van der Waals surface area contributed by atoms with Crippen LogP contribution in [0.15, 0.2) is 0 Å². The van der Waals surface area contributed by atoms with E-state index < -0.39 is 0 Å². The van der Waals surface area contributed by atoms with Gasteiger partial charge in [0.05, 0.1) is 11.4 Å². The van der Waals surface area contributed by atoms with E-state index >= 15 is 0 Å². The molecule has 3 heteroatoms. The number of fused-ring (bicyclic) bond motifs is 1. The first-order valence-corrected chi connectivity index (χ1v) is 5.36. The second kappa shape index (κ2) is 3.39. The van der Waals surface area contributed by atoms with Gasteiger partial charge in [0.25, 0.3) is 0 Å². The van der Waals surface area contributed by atoms with Gasteiger partial charge in [-0.25, -0.2) is 4.98 Å². The lowest BCUT2D eigenvalue weighted by atomic mass is 10.2. The Morgan fingerprint density at radius 3 is 2.57 bits per heavy atom. The van der Waals surface area contributed by atoms with E-state index in [1.807, 2.05) is 0 Å². The Morgan fingerprint density at radius 1 is 1.21 bits per heavy atom. The minimum atomic E-state index is 0.637. The minimum Gasteiger partial charge on any atom is -0.330 e. The number of aryl methyl sites for hydroxylation is 2. The van der Waals surface area contributed by atoms with Crippen LogP contribution in [-0.4, -0.2) is 27.0 Å². The van der Waals surface area contributed by atoms with Crippen LogP contribution in [0.4, 0.5) is 0 Å². The first-order chi connectivity index (χ1) is 6.59. The van der Waals surface area contributed by atoms with Crippen LogP contribution in [0.1, 0.15) is 31.1 Å². The van der Waals surface area contributed by atoms with E-state index in [9.17, 15) is 0 Å². The van der Waals surface area contributed by atoms with E-state index in [0.717, 1.165) is 19.6 Å². The van der Waals surface area contributed by atoms with Gasteiger partial charge >= 0.3 is 0 Å². The summed E-state index contributed by atoms with van der Waals surface area (Å²) >= 11 is 0. The maximum absolute atomic E-state index is 4.52. The molecule has 1 aromatic heterocycles. The third-order valence-electron chi connectivity index (χ3n) is 3.16. The summed E-state index contributed by atoms with van der Waals surface area (Å²) in [6, 6.07) is 0.637.